The lowest BCUT2D eigenvalue weighted by Crippen LogP contribution is -2.53. The molecule has 9 nitrogen and oxygen atoms in total. The first kappa shape index (κ1) is 21.8. The summed E-state index contributed by atoms with van der Waals surface area (Å²) in [7, 11) is 0. The molecule has 2 amide bonds. The molecule has 6 rings (SSSR count). The summed E-state index contributed by atoms with van der Waals surface area (Å²) in [5.74, 6) is 0.369. The van der Waals surface area contributed by atoms with Gasteiger partial charge in [-0.1, -0.05) is 23.7 Å². The quantitative estimate of drug-likeness (QED) is 0.569. The molecule has 3 aliphatic rings. The molecule has 0 radical (unpaired) electrons. The molecule has 1 spiro atoms. The van der Waals surface area contributed by atoms with Gasteiger partial charge in [0, 0.05) is 19.4 Å². The number of H-pyrrole nitrogens is 1. The van der Waals surface area contributed by atoms with Crippen LogP contribution in [-0.4, -0.2) is 51.8 Å². The number of rotatable bonds is 3. The molecular weight excluding hydrogens is 477 g/mol. The average Bonchev–Trinajstić information content (AvgIpc) is 3.50. The number of hydrogen-bond acceptors (Lipinski definition) is 6. The van der Waals surface area contributed by atoms with Crippen molar-refractivity contribution in [3.05, 3.63) is 69.5 Å². The van der Waals surface area contributed by atoms with Gasteiger partial charge in [0.1, 0.15) is 11.6 Å². The monoisotopic (exact) mass is 497 g/mol. The Morgan fingerprint density at radius 3 is 3.06 bits per heavy atom. The molecule has 3 aromatic rings. The van der Waals surface area contributed by atoms with E-state index in [4.69, 9.17) is 21.1 Å². The van der Waals surface area contributed by atoms with Crippen molar-refractivity contribution < 1.29 is 23.5 Å². The number of halogens is 2. The lowest BCUT2D eigenvalue weighted by molar-refractivity contribution is -0.0420. The summed E-state index contributed by atoms with van der Waals surface area (Å²) in [6, 6.07) is 8.89. The first-order valence-corrected chi connectivity index (χ1v) is 11.7. The second-order valence-electron chi connectivity index (χ2n) is 8.95. The van der Waals surface area contributed by atoms with Crippen LogP contribution in [0.2, 0.25) is 5.02 Å². The minimum Gasteiger partial charge on any atom is -0.493 e. The van der Waals surface area contributed by atoms with Gasteiger partial charge in [0.2, 0.25) is 5.82 Å². The third-order valence-electron chi connectivity index (χ3n) is 6.67. The molecule has 1 atom stereocenters. The average molecular weight is 498 g/mol. The van der Waals surface area contributed by atoms with Gasteiger partial charge in [-0.05, 0) is 42.2 Å². The van der Waals surface area contributed by atoms with Crippen molar-refractivity contribution in [1.29, 1.82) is 0 Å². The number of carbonyl (C=O) groups excluding carboxylic acids is 2. The fourth-order valence-electron chi connectivity index (χ4n) is 5.10. The van der Waals surface area contributed by atoms with E-state index in [0.29, 0.717) is 38.2 Å². The second-order valence-corrected chi connectivity index (χ2v) is 9.35. The number of aromatic nitrogens is 3. The maximum atomic E-state index is 15.1. The fourth-order valence-corrected chi connectivity index (χ4v) is 5.26. The molecule has 1 fully saturated rings. The van der Waals surface area contributed by atoms with Gasteiger partial charge in [0.25, 0.3) is 5.91 Å². The van der Waals surface area contributed by atoms with E-state index in [2.05, 4.69) is 26.6 Å². The molecule has 3 aliphatic heterocycles. The Kier molecular flexibility index (Phi) is 5.14. The van der Waals surface area contributed by atoms with Crippen molar-refractivity contribution >= 4 is 29.3 Å². The lowest BCUT2D eigenvalue weighted by Gasteiger charge is -2.44. The summed E-state index contributed by atoms with van der Waals surface area (Å²) in [6.45, 7) is 1.05. The van der Waals surface area contributed by atoms with E-state index >= 15 is 4.39 Å². The summed E-state index contributed by atoms with van der Waals surface area (Å²) in [5, 5.41) is 9.39. The van der Waals surface area contributed by atoms with E-state index in [1.165, 1.54) is 17.0 Å². The Hall–Kier alpha value is -3.66. The highest BCUT2D eigenvalue weighted by Gasteiger charge is 2.49. The van der Waals surface area contributed by atoms with Crippen molar-refractivity contribution in [1.82, 2.24) is 20.1 Å². The number of hydrogen-bond donors (Lipinski definition) is 2. The zero-order valence-electron chi connectivity index (χ0n) is 18.6. The molecule has 1 saturated heterocycles. The Balaban J connectivity index is 1.24. The number of fused-ring (bicyclic) bond motifs is 3. The van der Waals surface area contributed by atoms with E-state index < -0.39 is 23.4 Å². The molecule has 0 aliphatic carbocycles. The molecule has 2 N–H and O–H groups in total. The molecule has 0 bridgehead atoms. The molecule has 2 aromatic carbocycles. The summed E-state index contributed by atoms with van der Waals surface area (Å²) < 4.78 is 26.2. The minimum atomic E-state index is -1.34. The molecule has 180 valence electrons. The number of ether oxygens (including phenoxy) is 2. The molecule has 35 heavy (non-hydrogen) atoms. The van der Waals surface area contributed by atoms with Gasteiger partial charge in [-0.15, -0.1) is 5.10 Å². The van der Waals surface area contributed by atoms with E-state index in [0.717, 1.165) is 23.3 Å². The highest BCUT2D eigenvalue weighted by molar-refractivity contribution is 6.31. The van der Waals surface area contributed by atoms with Crippen LogP contribution < -0.4 is 10.1 Å². The number of carbonyl (C=O) groups is 2. The van der Waals surface area contributed by atoms with E-state index in [-0.39, 0.29) is 28.6 Å². The van der Waals surface area contributed by atoms with Gasteiger partial charge in [0.05, 0.1) is 29.4 Å². The number of likely N-dealkylation sites (tertiary alicyclic amines) is 1. The van der Waals surface area contributed by atoms with Gasteiger partial charge < -0.3 is 14.4 Å². The first-order chi connectivity index (χ1) is 16.9. The number of nitrogens with zero attached hydrogens (tertiary/aromatic N) is 3. The Morgan fingerprint density at radius 1 is 1.29 bits per heavy atom. The number of piperidine rings is 1. The summed E-state index contributed by atoms with van der Waals surface area (Å²) in [5.41, 5.74) is 1.29. The van der Waals surface area contributed by atoms with Gasteiger partial charge in [-0.25, -0.2) is 14.2 Å². The van der Waals surface area contributed by atoms with Crippen LogP contribution in [0.3, 0.4) is 0 Å². The third-order valence-corrected chi connectivity index (χ3v) is 6.96. The Labute approximate surface area is 204 Å². The van der Waals surface area contributed by atoms with E-state index in [1.54, 1.807) is 0 Å². The molecule has 4 heterocycles. The molecule has 0 unspecified atom stereocenters. The van der Waals surface area contributed by atoms with Gasteiger partial charge in [0.15, 0.2) is 11.4 Å². The second kappa shape index (κ2) is 8.23. The van der Waals surface area contributed by atoms with Crippen LogP contribution in [0.15, 0.2) is 30.3 Å². The third kappa shape index (κ3) is 3.78. The van der Waals surface area contributed by atoms with Gasteiger partial charge in [-0.2, -0.15) is 0 Å². The molecular formula is C24H21ClFN5O4. The summed E-state index contributed by atoms with van der Waals surface area (Å²) in [4.78, 5) is 31.4. The summed E-state index contributed by atoms with van der Waals surface area (Å²) >= 11 is 6.02. The molecule has 0 saturated carbocycles. The van der Waals surface area contributed by atoms with Crippen molar-refractivity contribution in [3.8, 4) is 5.75 Å². The van der Waals surface area contributed by atoms with Crippen molar-refractivity contribution in [3.63, 3.8) is 0 Å². The van der Waals surface area contributed by atoms with Crippen molar-refractivity contribution in [2.45, 2.75) is 31.3 Å². The van der Waals surface area contributed by atoms with E-state index in [1.807, 2.05) is 12.1 Å². The minimum absolute atomic E-state index is 0.00796. The van der Waals surface area contributed by atoms with Crippen LogP contribution in [0, 0.1) is 5.82 Å². The van der Waals surface area contributed by atoms with Crippen LogP contribution in [0.1, 0.15) is 46.0 Å². The Morgan fingerprint density at radius 2 is 2.17 bits per heavy atom. The van der Waals surface area contributed by atoms with Gasteiger partial charge >= 0.3 is 6.09 Å². The fraction of sp³-hybridized carbons (Fsp3) is 0.333. The highest BCUT2D eigenvalue weighted by Crippen LogP contribution is 2.45. The Bertz CT molecular complexity index is 1360. The predicted octanol–water partition coefficient (Wildman–Crippen LogP) is 3.82. The SMILES string of the molecule is O=C1Nc2ccc(Cl)c(F)c2[C@@]2(CCCN(C(=O)c3n[nH]c(Cc4ccc5c(c4)CCO5)n3)C2)O1. The van der Waals surface area contributed by atoms with Gasteiger partial charge in [-0.3, -0.25) is 15.2 Å². The number of amides is 2. The zero-order chi connectivity index (χ0) is 24.2. The number of anilines is 1. The van der Waals surface area contributed by atoms with Crippen molar-refractivity contribution in [2.75, 3.05) is 25.0 Å². The largest absolute Gasteiger partial charge is 0.493 e. The smallest absolute Gasteiger partial charge is 0.412 e. The normalized spacial score (nSPS) is 20.6. The van der Waals surface area contributed by atoms with Crippen LogP contribution in [0.4, 0.5) is 14.9 Å². The van der Waals surface area contributed by atoms with Crippen molar-refractivity contribution in [2.24, 2.45) is 0 Å². The van der Waals surface area contributed by atoms with Crippen LogP contribution in [0.25, 0.3) is 0 Å². The number of aromatic amines is 1. The van der Waals surface area contributed by atoms with E-state index in [9.17, 15) is 9.59 Å². The first-order valence-electron chi connectivity index (χ1n) is 11.4. The predicted molar refractivity (Wildman–Crippen MR) is 123 cm³/mol. The number of nitrogens with one attached hydrogen (secondary N) is 2. The van der Waals surface area contributed by atoms with Crippen LogP contribution in [0.5, 0.6) is 5.75 Å². The summed E-state index contributed by atoms with van der Waals surface area (Å²) in [6.07, 6.45) is 1.51. The standard InChI is InChI=1S/C24H21ClFN5O4/c25-15-3-4-16-19(20(15)26)24(35-23(33)27-16)7-1-8-31(12-24)22(32)21-28-18(29-30-21)11-13-2-5-17-14(10-13)6-9-34-17/h2-5,10H,1,6-9,11-12H2,(H,27,33)(H,28,29,30)/t24-/m0/s1. The lowest BCUT2D eigenvalue weighted by atomic mass is 9.83. The topological polar surface area (TPSA) is 109 Å². The molecule has 1 aromatic heterocycles. The van der Waals surface area contributed by atoms with Crippen LogP contribution >= 0.6 is 11.6 Å². The maximum Gasteiger partial charge on any atom is 0.412 e. The zero-order valence-corrected chi connectivity index (χ0v) is 19.3. The maximum absolute atomic E-state index is 15.1. The number of benzene rings is 2. The van der Waals surface area contributed by atoms with Crippen LogP contribution in [-0.2, 0) is 23.2 Å². The molecule has 11 heteroatoms. The highest BCUT2D eigenvalue weighted by atomic mass is 35.5.